The maximum atomic E-state index is 12.3. The minimum absolute atomic E-state index is 0.199. The zero-order valence-electron chi connectivity index (χ0n) is 21.5. The van der Waals surface area contributed by atoms with E-state index in [9.17, 15) is 14.7 Å². The summed E-state index contributed by atoms with van der Waals surface area (Å²) in [4.78, 5) is 25.4. The Morgan fingerprint density at radius 3 is 2.30 bits per heavy atom. The smallest absolute Gasteiger partial charge is 0.436 e. The number of carboxylic acids is 1. The molecule has 10 nitrogen and oxygen atoms in total. The quantitative estimate of drug-likeness (QED) is 0.263. The molecule has 11 heteroatoms. The van der Waals surface area contributed by atoms with Gasteiger partial charge in [0.05, 0.1) is 19.4 Å². The monoisotopic (exact) mass is 515 g/mol. The summed E-state index contributed by atoms with van der Waals surface area (Å²) in [6, 6.07) is 15.7. The van der Waals surface area contributed by atoms with E-state index < -0.39 is 12.0 Å². The molecule has 1 fully saturated rings. The highest BCUT2D eigenvalue weighted by molar-refractivity contribution is 6.15. The first-order chi connectivity index (χ1) is 17.8. The van der Waals surface area contributed by atoms with Crippen molar-refractivity contribution in [1.29, 1.82) is 0 Å². The number of benzene rings is 2. The number of urea groups is 1. The molecular formula is C26H38BN3O7. The number of carbonyl (C=O) groups excluding carboxylic acids is 1. The van der Waals surface area contributed by atoms with E-state index in [-0.39, 0.29) is 26.4 Å². The first-order valence-electron chi connectivity index (χ1n) is 12.4. The number of nitrogens with two attached hydrogens (primary N) is 1. The van der Waals surface area contributed by atoms with Gasteiger partial charge in [0.1, 0.15) is 18.4 Å². The van der Waals surface area contributed by atoms with Crippen molar-refractivity contribution in [2.75, 3.05) is 26.3 Å². The maximum absolute atomic E-state index is 12.3. The molecule has 2 amide bonds. The molecule has 1 heterocycles. The highest BCUT2D eigenvalue weighted by Crippen LogP contribution is 2.16. The summed E-state index contributed by atoms with van der Waals surface area (Å²) < 4.78 is 15.6. The Balaban J connectivity index is 0.000000458. The molecule has 0 radical (unpaired) electrons. The number of hydrogen-bond acceptors (Lipinski definition) is 7. The van der Waals surface area contributed by atoms with Gasteiger partial charge in [0, 0.05) is 19.5 Å². The van der Waals surface area contributed by atoms with Crippen molar-refractivity contribution < 1.29 is 33.8 Å². The summed E-state index contributed by atoms with van der Waals surface area (Å²) in [7, 11) is -0.284. The Morgan fingerprint density at radius 2 is 1.73 bits per heavy atom. The second-order valence-electron chi connectivity index (χ2n) is 9.03. The molecule has 0 bridgehead atoms. The van der Waals surface area contributed by atoms with Crippen molar-refractivity contribution in [3.8, 4) is 5.75 Å². The van der Waals surface area contributed by atoms with Gasteiger partial charge in [-0.3, -0.25) is 0 Å². The average molecular weight is 515 g/mol. The summed E-state index contributed by atoms with van der Waals surface area (Å²) >= 11 is 0. The minimum Gasteiger partial charge on any atom is -0.489 e. The molecule has 5 N–H and O–H groups in total. The lowest BCUT2D eigenvalue weighted by atomic mass is 10.1. The molecule has 0 spiro atoms. The van der Waals surface area contributed by atoms with Crippen LogP contribution in [-0.2, 0) is 27.2 Å². The standard InChI is InChI=1S/C21H24N2O5.C5H14BNO2/c24-20(25)19(22-21(26)23-10-12-27-13-11-23)14-16-6-8-18(9-7-16)28-15-17-4-2-1-3-5-17;1-4(2)3-5(7)9-6-8/h1-9,19H,10-15H2,(H,22,26)(H,24,25);4-6,8H,3,7H2,1-2H3/t19-;5-/m01/s1. The zero-order valence-corrected chi connectivity index (χ0v) is 21.5. The lowest BCUT2D eigenvalue weighted by Crippen LogP contribution is -2.51. The molecule has 1 saturated heterocycles. The number of amides is 2. The minimum atomic E-state index is -1.06. The van der Waals surface area contributed by atoms with Crippen LogP contribution in [0.15, 0.2) is 54.6 Å². The Bertz CT molecular complexity index is 926. The molecule has 3 rings (SSSR count). The van der Waals surface area contributed by atoms with Gasteiger partial charge in [-0.2, -0.15) is 0 Å². The first-order valence-corrected chi connectivity index (χ1v) is 12.4. The van der Waals surface area contributed by atoms with Gasteiger partial charge in [0.25, 0.3) is 0 Å². The molecule has 0 aromatic heterocycles. The SMILES string of the molecule is CC(C)C[C@H](N)OBO.O=C(O)[C@H](Cc1ccc(OCc2ccccc2)cc1)NC(=O)N1CCOCC1. The van der Waals surface area contributed by atoms with Crippen molar-refractivity contribution in [2.45, 2.75) is 45.6 Å². The molecule has 2 atom stereocenters. The summed E-state index contributed by atoms with van der Waals surface area (Å²) in [6.07, 6.45) is 0.681. The van der Waals surface area contributed by atoms with Crippen LogP contribution in [0.2, 0.25) is 0 Å². The molecule has 1 aliphatic rings. The number of morpholine rings is 1. The van der Waals surface area contributed by atoms with Crippen LogP contribution in [0.5, 0.6) is 5.75 Å². The van der Waals surface area contributed by atoms with Crippen molar-refractivity contribution >= 4 is 19.7 Å². The van der Waals surface area contributed by atoms with Crippen LogP contribution < -0.4 is 15.8 Å². The van der Waals surface area contributed by atoms with Gasteiger partial charge < -0.3 is 40.2 Å². The van der Waals surface area contributed by atoms with Crippen molar-refractivity contribution in [2.24, 2.45) is 11.7 Å². The number of ether oxygens (including phenoxy) is 2. The van der Waals surface area contributed by atoms with E-state index in [0.29, 0.717) is 44.6 Å². The number of aliphatic carboxylic acids is 1. The van der Waals surface area contributed by atoms with Gasteiger partial charge in [-0.25, -0.2) is 9.59 Å². The third kappa shape index (κ3) is 12.1. The molecule has 2 aromatic rings. The fourth-order valence-corrected chi connectivity index (χ4v) is 3.53. The predicted octanol–water partition coefficient (Wildman–Crippen LogP) is 1.90. The highest BCUT2D eigenvalue weighted by Gasteiger charge is 2.24. The summed E-state index contributed by atoms with van der Waals surface area (Å²) in [6.45, 7) is 6.44. The zero-order chi connectivity index (χ0) is 27.0. The number of nitrogens with one attached hydrogen (secondary N) is 1. The van der Waals surface area contributed by atoms with Gasteiger partial charge in [0.15, 0.2) is 0 Å². The third-order valence-corrected chi connectivity index (χ3v) is 5.50. The lowest BCUT2D eigenvalue weighted by molar-refractivity contribution is -0.139. The van der Waals surface area contributed by atoms with Crippen LogP contribution in [0.1, 0.15) is 31.4 Å². The van der Waals surface area contributed by atoms with Gasteiger partial charge in [0.2, 0.25) is 0 Å². The normalized spacial score (nSPS) is 14.7. The molecule has 37 heavy (non-hydrogen) atoms. The van der Waals surface area contributed by atoms with E-state index in [2.05, 4.69) is 23.8 Å². The fraction of sp³-hybridized carbons (Fsp3) is 0.462. The molecule has 0 saturated carbocycles. The largest absolute Gasteiger partial charge is 0.489 e. The summed E-state index contributed by atoms with van der Waals surface area (Å²) in [5.41, 5.74) is 7.28. The van der Waals surface area contributed by atoms with E-state index in [1.54, 1.807) is 17.0 Å². The van der Waals surface area contributed by atoms with Crippen molar-refractivity contribution in [3.05, 3.63) is 65.7 Å². The number of nitrogens with zero attached hydrogens (tertiary/aromatic N) is 1. The Morgan fingerprint density at radius 1 is 1.08 bits per heavy atom. The van der Waals surface area contributed by atoms with Gasteiger partial charge in [-0.05, 0) is 35.6 Å². The second-order valence-corrected chi connectivity index (χ2v) is 9.03. The molecule has 0 aliphatic carbocycles. The Kier molecular flexibility index (Phi) is 13.5. The summed E-state index contributed by atoms with van der Waals surface area (Å²) in [5.74, 6) is 0.161. The molecule has 2 aromatic carbocycles. The van der Waals surface area contributed by atoms with Gasteiger partial charge >= 0.3 is 19.7 Å². The molecular weight excluding hydrogens is 477 g/mol. The number of hydrogen-bond donors (Lipinski definition) is 4. The van der Waals surface area contributed by atoms with E-state index in [1.807, 2.05) is 42.5 Å². The maximum Gasteiger partial charge on any atom is 0.436 e. The molecule has 0 unspecified atom stereocenters. The second kappa shape index (κ2) is 16.6. The number of carboxylic acid groups (broad SMARTS) is 1. The van der Waals surface area contributed by atoms with Crippen LogP contribution >= 0.6 is 0 Å². The highest BCUT2D eigenvalue weighted by atomic mass is 16.5. The third-order valence-electron chi connectivity index (χ3n) is 5.50. The van der Waals surface area contributed by atoms with Crippen LogP contribution in [0.3, 0.4) is 0 Å². The lowest BCUT2D eigenvalue weighted by Gasteiger charge is -2.28. The van der Waals surface area contributed by atoms with Gasteiger partial charge in [-0.1, -0.05) is 56.3 Å². The number of carbonyl (C=O) groups is 2. The van der Waals surface area contributed by atoms with Crippen LogP contribution in [0.25, 0.3) is 0 Å². The average Bonchev–Trinajstić information content (AvgIpc) is 2.89. The van der Waals surface area contributed by atoms with Crippen molar-refractivity contribution in [1.82, 2.24) is 10.2 Å². The number of rotatable bonds is 11. The van der Waals surface area contributed by atoms with Crippen molar-refractivity contribution in [3.63, 3.8) is 0 Å². The molecule has 202 valence electrons. The van der Waals surface area contributed by atoms with E-state index in [1.165, 1.54) is 0 Å². The van der Waals surface area contributed by atoms with E-state index in [4.69, 9.17) is 20.2 Å². The Labute approximate surface area is 219 Å². The van der Waals surface area contributed by atoms with Gasteiger partial charge in [-0.15, -0.1) is 0 Å². The van der Waals surface area contributed by atoms with Crippen LogP contribution in [-0.4, -0.2) is 73.3 Å². The van der Waals surface area contributed by atoms with Crippen LogP contribution in [0.4, 0.5) is 4.79 Å². The predicted molar refractivity (Wildman–Crippen MR) is 141 cm³/mol. The van der Waals surface area contributed by atoms with E-state index in [0.717, 1.165) is 17.5 Å². The summed E-state index contributed by atoms with van der Waals surface area (Å²) in [5, 5.41) is 20.3. The van der Waals surface area contributed by atoms with E-state index >= 15 is 0 Å². The van der Waals surface area contributed by atoms with Crippen LogP contribution in [0, 0.1) is 5.92 Å². The molecule has 1 aliphatic heterocycles. The fourth-order valence-electron chi connectivity index (χ4n) is 3.53. The first kappa shape index (κ1) is 30.1. The Hall–Kier alpha value is -3.12. The topological polar surface area (TPSA) is 144 Å².